The molecule has 0 aliphatic rings. The van der Waals surface area contributed by atoms with Crippen LogP contribution in [0.3, 0.4) is 0 Å². The van der Waals surface area contributed by atoms with E-state index in [0.29, 0.717) is 0 Å². The quantitative estimate of drug-likeness (QED) is 0.435. The minimum absolute atomic E-state index is 0. The van der Waals surface area contributed by atoms with E-state index in [0.717, 1.165) is 38.2 Å². The van der Waals surface area contributed by atoms with E-state index < -0.39 is 0 Å². The van der Waals surface area contributed by atoms with Gasteiger partial charge in [0.25, 0.3) is 0 Å². The third kappa shape index (κ3) is 2.89. The van der Waals surface area contributed by atoms with E-state index in [1.807, 2.05) is 60.7 Å². The van der Waals surface area contributed by atoms with Crippen molar-refractivity contribution >= 4 is 44.8 Å². The van der Waals surface area contributed by atoms with Crippen LogP contribution in [0.4, 0.5) is 11.4 Å². The Morgan fingerprint density at radius 2 is 1.22 bits per heavy atom. The average Bonchev–Trinajstić information content (AvgIpc) is 2.56. The monoisotopic (exact) mass is 340 g/mol. The number of nitrogens with two attached hydrogens (primary N) is 1. The zero-order valence-electron chi connectivity index (χ0n) is 12.2. The van der Waals surface area contributed by atoms with Gasteiger partial charge in [0, 0.05) is 6.07 Å². The Hall–Kier alpha value is -2.13. The summed E-state index contributed by atoms with van der Waals surface area (Å²) >= 11 is 6.33. The number of aromatic nitrogens is 1. The standard InChI is InChI=1S/C19H13ClN2.ClH/c20-15-9-3-6-12-18(15)22-19-13-7-1-4-10-16(13)21-17-11-5-2-8-14(17)19;/h1-12H,(H,21,22);1H. The van der Waals surface area contributed by atoms with Crippen LogP contribution in [0.2, 0.25) is 5.02 Å². The molecule has 0 amide bonds. The van der Waals surface area contributed by atoms with Crippen molar-refractivity contribution in [1.29, 1.82) is 0 Å². The molecule has 0 bridgehead atoms. The molecule has 4 aromatic rings. The summed E-state index contributed by atoms with van der Waals surface area (Å²) in [5, 5.41) is 5.18. The van der Waals surface area contributed by atoms with Crippen molar-refractivity contribution < 1.29 is 17.7 Å². The van der Waals surface area contributed by atoms with Gasteiger partial charge >= 0.3 is 0 Å². The molecule has 2 N–H and O–H groups in total. The summed E-state index contributed by atoms with van der Waals surface area (Å²) in [6.07, 6.45) is 0. The summed E-state index contributed by atoms with van der Waals surface area (Å²) < 4.78 is 0. The lowest BCUT2D eigenvalue weighted by Crippen LogP contribution is -3.00. The largest absolute Gasteiger partial charge is 1.00 e. The molecule has 0 fully saturated rings. The minimum atomic E-state index is 0. The first-order chi connectivity index (χ1) is 10.8. The molecule has 0 aliphatic carbocycles. The first-order valence-corrected chi connectivity index (χ1v) is 7.57. The molecule has 0 atom stereocenters. The number of benzene rings is 3. The summed E-state index contributed by atoms with van der Waals surface area (Å²) in [5.41, 5.74) is 4.18. The Labute approximate surface area is 145 Å². The average molecular weight is 341 g/mol. The molecule has 2 nitrogen and oxygen atoms in total. The van der Waals surface area contributed by atoms with E-state index >= 15 is 0 Å². The van der Waals surface area contributed by atoms with Gasteiger partial charge in [-0.3, -0.25) is 5.32 Å². The molecule has 0 spiro atoms. The van der Waals surface area contributed by atoms with Gasteiger partial charge < -0.3 is 12.4 Å². The SMILES string of the molecule is Clc1ccccc1[NH2+]c1c2ccccc2nc2ccccc12.[Cl-]. The Balaban J connectivity index is 0.00000156. The summed E-state index contributed by atoms with van der Waals surface area (Å²) in [6.45, 7) is 0. The maximum Gasteiger partial charge on any atom is 0.153 e. The van der Waals surface area contributed by atoms with Gasteiger partial charge in [-0.15, -0.1) is 0 Å². The van der Waals surface area contributed by atoms with E-state index in [2.05, 4.69) is 17.4 Å². The highest BCUT2D eigenvalue weighted by Crippen LogP contribution is 2.28. The van der Waals surface area contributed by atoms with Gasteiger partial charge in [0.05, 0.1) is 21.8 Å². The molecule has 3 aromatic carbocycles. The van der Waals surface area contributed by atoms with Crippen LogP contribution in [0.1, 0.15) is 0 Å². The lowest BCUT2D eigenvalue weighted by atomic mass is 10.1. The van der Waals surface area contributed by atoms with E-state index in [-0.39, 0.29) is 12.4 Å². The molecule has 4 heteroatoms. The Kier molecular flexibility index (Phi) is 4.49. The highest BCUT2D eigenvalue weighted by atomic mass is 35.5. The number of hydrogen-bond donors (Lipinski definition) is 1. The molecule has 0 saturated heterocycles. The molecule has 4 rings (SSSR count). The van der Waals surface area contributed by atoms with Crippen LogP contribution in [0.15, 0.2) is 72.8 Å². The van der Waals surface area contributed by atoms with Crippen LogP contribution in [-0.2, 0) is 0 Å². The molecule has 0 saturated carbocycles. The highest BCUT2D eigenvalue weighted by Gasteiger charge is 2.14. The maximum absolute atomic E-state index is 6.33. The van der Waals surface area contributed by atoms with Crippen LogP contribution in [0.5, 0.6) is 0 Å². The number of halogens is 2. The van der Waals surface area contributed by atoms with Gasteiger partial charge in [-0.05, 0) is 30.3 Å². The number of hydrogen-bond acceptors (Lipinski definition) is 1. The summed E-state index contributed by atoms with van der Waals surface area (Å²) in [7, 11) is 0. The lowest BCUT2D eigenvalue weighted by Gasteiger charge is -2.09. The molecule has 1 aromatic heterocycles. The van der Waals surface area contributed by atoms with E-state index in [1.165, 1.54) is 0 Å². The van der Waals surface area contributed by atoms with Crippen LogP contribution in [0.25, 0.3) is 21.8 Å². The van der Waals surface area contributed by atoms with Crippen molar-refractivity contribution in [2.75, 3.05) is 0 Å². The Morgan fingerprint density at radius 3 is 1.83 bits per heavy atom. The number of pyridine rings is 1. The molecule has 1 heterocycles. The van der Waals surface area contributed by atoms with Gasteiger partial charge in [-0.1, -0.05) is 48.0 Å². The van der Waals surface area contributed by atoms with Gasteiger partial charge in [0.15, 0.2) is 11.4 Å². The first kappa shape index (κ1) is 15.8. The second kappa shape index (κ2) is 6.55. The zero-order valence-corrected chi connectivity index (χ0v) is 13.7. The van der Waals surface area contributed by atoms with E-state index in [9.17, 15) is 0 Å². The summed E-state index contributed by atoms with van der Waals surface area (Å²) in [4.78, 5) is 4.75. The minimum Gasteiger partial charge on any atom is -1.00 e. The van der Waals surface area contributed by atoms with Gasteiger partial charge in [-0.2, -0.15) is 0 Å². The molecule has 114 valence electrons. The van der Waals surface area contributed by atoms with Gasteiger partial charge in [0.2, 0.25) is 0 Å². The predicted octanol–water partition coefficient (Wildman–Crippen LogP) is 1.57. The predicted molar refractivity (Wildman–Crippen MR) is 91.9 cm³/mol. The molecule has 0 unspecified atom stereocenters. The lowest BCUT2D eigenvalue weighted by molar-refractivity contribution is -0.475. The fraction of sp³-hybridized carbons (Fsp3) is 0. The van der Waals surface area contributed by atoms with Gasteiger partial charge in [-0.25, -0.2) is 4.98 Å². The number of rotatable bonds is 2. The van der Waals surface area contributed by atoms with Crippen LogP contribution in [0, 0.1) is 0 Å². The van der Waals surface area contributed by atoms with E-state index in [4.69, 9.17) is 16.6 Å². The zero-order chi connectivity index (χ0) is 14.9. The van der Waals surface area contributed by atoms with Crippen molar-refractivity contribution in [1.82, 2.24) is 4.98 Å². The van der Waals surface area contributed by atoms with Crippen molar-refractivity contribution in [3.8, 4) is 0 Å². The van der Waals surface area contributed by atoms with Crippen molar-refractivity contribution in [3.63, 3.8) is 0 Å². The molecule has 0 radical (unpaired) electrons. The number of nitrogens with zero attached hydrogens (tertiary/aromatic N) is 1. The normalized spacial score (nSPS) is 10.7. The highest BCUT2D eigenvalue weighted by molar-refractivity contribution is 6.32. The van der Waals surface area contributed by atoms with Crippen molar-refractivity contribution in [2.24, 2.45) is 0 Å². The van der Waals surface area contributed by atoms with Crippen LogP contribution >= 0.6 is 11.6 Å². The Bertz CT molecular complexity index is 929. The first-order valence-electron chi connectivity index (χ1n) is 7.20. The van der Waals surface area contributed by atoms with Crippen molar-refractivity contribution in [3.05, 3.63) is 77.8 Å². The topological polar surface area (TPSA) is 29.5 Å². The molecule has 23 heavy (non-hydrogen) atoms. The molecular weight excluding hydrogens is 327 g/mol. The molecule has 0 aliphatic heterocycles. The second-order valence-corrected chi connectivity index (χ2v) is 5.63. The number of quaternary nitrogens is 1. The number of para-hydroxylation sites is 3. The fourth-order valence-corrected chi connectivity index (χ4v) is 2.97. The fourth-order valence-electron chi connectivity index (χ4n) is 2.78. The smallest absolute Gasteiger partial charge is 0.153 e. The second-order valence-electron chi connectivity index (χ2n) is 5.23. The number of fused-ring (bicyclic) bond motifs is 2. The summed E-state index contributed by atoms with van der Waals surface area (Å²) in [5.74, 6) is 0. The third-order valence-corrected chi connectivity index (χ3v) is 4.18. The molecular formula is C19H14Cl2N2. The van der Waals surface area contributed by atoms with Gasteiger partial charge in [0.1, 0.15) is 5.02 Å². The summed E-state index contributed by atoms with van der Waals surface area (Å²) in [6, 6.07) is 24.3. The van der Waals surface area contributed by atoms with Crippen molar-refractivity contribution in [2.45, 2.75) is 0 Å². The Morgan fingerprint density at radius 1 is 0.696 bits per heavy atom. The van der Waals surface area contributed by atoms with Crippen LogP contribution in [-0.4, -0.2) is 4.98 Å². The van der Waals surface area contributed by atoms with E-state index in [1.54, 1.807) is 0 Å². The van der Waals surface area contributed by atoms with Crippen LogP contribution < -0.4 is 17.7 Å². The maximum atomic E-state index is 6.33. The third-order valence-electron chi connectivity index (χ3n) is 3.83.